The number of hydrogen-bond donors (Lipinski definition) is 1. The third-order valence-corrected chi connectivity index (χ3v) is 5.89. The molecule has 0 radical (unpaired) electrons. The fourth-order valence-electron chi connectivity index (χ4n) is 2.82. The lowest BCUT2D eigenvalue weighted by Crippen LogP contribution is -2.47. The average Bonchev–Trinajstić information content (AvgIpc) is 2.67. The molecule has 0 aliphatic carbocycles. The summed E-state index contributed by atoms with van der Waals surface area (Å²) in [5.41, 5.74) is 0.802. The van der Waals surface area contributed by atoms with Crippen LogP contribution < -0.4 is 9.62 Å². The van der Waals surface area contributed by atoms with E-state index in [9.17, 15) is 18.0 Å². The molecule has 1 amide bonds. The number of amides is 1. The highest BCUT2D eigenvalue weighted by Crippen LogP contribution is 2.27. The summed E-state index contributed by atoms with van der Waals surface area (Å²) in [6.45, 7) is 3.61. The van der Waals surface area contributed by atoms with Crippen LogP contribution in [0.2, 0.25) is 10.0 Å². The number of nitrogens with one attached hydrogen (secondary N) is 1. The molecule has 2 rings (SSSR count). The lowest BCUT2D eigenvalue weighted by Gasteiger charge is -2.30. The lowest BCUT2D eigenvalue weighted by molar-refractivity contribution is -0.117. The van der Waals surface area contributed by atoms with E-state index in [2.05, 4.69) is 5.32 Å². The van der Waals surface area contributed by atoms with Gasteiger partial charge in [-0.15, -0.1) is 0 Å². The number of rotatable bonds is 8. The first-order chi connectivity index (χ1) is 14.1. The molecule has 1 atom stereocenters. The number of carbonyl (C=O) groups is 2. The number of esters is 1. The van der Waals surface area contributed by atoms with E-state index in [-0.39, 0.29) is 29.3 Å². The molecular formula is C20H22Cl2N2O5S. The summed E-state index contributed by atoms with van der Waals surface area (Å²) in [5.74, 6) is -1.10. The zero-order chi connectivity index (χ0) is 22.5. The summed E-state index contributed by atoms with van der Waals surface area (Å²) in [7, 11) is -3.78. The minimum Gasteiger partial charge on any atom is -0.462 e. The fraction of sp³-hybridized carbons (Fsp3) is 0.300. The first-order valence-corrected chi connectivity index (χ1v) is 11.7. The van der Waals surface area contributed by atoms with Gasteiger partial charge in [0.05, 0.1) is 34.8 Å². The standard InChI is InChI=1S/C20H22Cl2N2O5S/c1-4-18(24(30(3,27)28)15-9-7-14(21)8-10-15)19(25)23-17-11-6-13(12-16(17)22)20(26)29-5-2/h6-12,18H,4-5H2,1-3H3,(H,23,25)/t18-/m0/s1. The van der Waals surface area contributed by atoms with Crippen molar-refractivity contribution in [1.29, 1.82) is 0 Å². The van der Waals surface area contributed by atoms with Gasteiger partial charge in [-0.2, -0.15) is 0 Å². The van der Waals surface area contributed by atoms with Crippen molar-refractivity contribution in [2.24, 2.45) is 0 Å². The summed E-state index contributed by atoms with van der Waals surface area (Å²) in [6.07, 6.45) is 1.23. The van der Waals surface area contributed by atoms with Gasteiger partial charge in [0.15, 0.2) is 0 Å². The first-order valence-electron chi connectivity index (χ1n) is 9.11. The van der Waals surface area contributed by atoms with Crippen LogP contribution in [-0.4, -0.2) is 39.2 Å². The number of ether oxygens (including phenoxy) is 1. The van der Waals surface area contributed by atoms with Gasteiger partial charge in [0.1, 0.15) is 6.04 Å². The molecule has 0 unspecified atom stereocenters. The zero-order valence-corrected chi connectivity index (χ0v) is 19.0. The number of hydrogen-bond acceptors (Lipinski definition) is 5. The van der Waals surface area contributed by atoms with E-state index in [1.807, 2.05) is 0 Å². The third-order valence-electron chi connectivity index (χ3n) is 4.15. The van der Waals surface area contributed by atoms with Gasteiger partial charge in [0, 0.05) is 5.02 Å². The molecule has 2 aromatic carbocycles. The maximum Gasteiger partial charge on any atom is 0.338 e. The van der Waals surface area contributed by atoms with E-state index in [1.165, 1.54) is 30.3 Å². The highest BCUT2D eigenvalue weighted by molar-refractivity contribution is 7.92. The van der Waals surface area contributed by atoms with Gasteiger partial charge in [-0.1, -0.05) is 30.1 Å². The molecule has 0 aromatic heterocycles. The number of anilines is 2. The molecule has 0 aliphatic rings. The van der Waals surface area contributed by atoms with Crippen molar-refractivity contribution in [3.05, 3.63) is 58.1 Å². The molecule has 30 heavy (non-hydrogen) atoms. The van der Waals surface area contributed by atoms with Crippen LogP contribution in [0.4, 0.5) is 11.4 Å². The molecule has 0 heterocycles. The molecule has 0 fully saturated rings. The monoisotopic (exact) mass is 472 g/mol. The van der Waals surface area contributed by atoms with Crippen LogP contribution in [0, 0.1) is 0 Å². The maximum atomic E-state index is 13.0. The Morgan fingerprint density at radius 1 is 1.10 bits per heavy atom. The van der Waals surface area contributed by atoms with Crippen LogP contribution in [-0.2, 0) is 19.6 Å². The van der Waals surface area contributed by atoms with Crippen LogP contribution >= 0.6 is 23.2 Å². The second kappa shape index (κ2) is 10.1. The molecular weight excluding hydrogens is 451 g/mol. The smallest absolute Gasteiger partial charge is 0.338 e. The van der Waals surface area contributed by atoms with E-state index in [1.54, 1.807) is 26.0 Å². The minimum absolute atomic E-state index is 0.126. The quantitative estimate of drug-likeness (QED) is 0.576. The van der Waals surface area contributed by atoms with E-state index in [0.29, 0.717) is 10.7 Å². The molecule has 0 saturated heterocycles. The second-order valence-electron chi connectivity index (χ2n) is 6.36. The van der Waals surface area contributed by atoms with Gasteiger partial charge in [-0.25, -0.2) is 13.2 Å². The van der Waals surface area contributed by atoms with Crippen LogP contribution in [0.5, 0.6) is 0 Å². The fourth-order valence-corrected chi connectivity index (χ4v) is 4.39. The minimum atomic E-state index is -3.78. The van der Waals surface area contributed by atoms with Crippen molar-refractivity contribution in [3.8, 4) is 0 Å². The van der Waals surface area contributed by atoms with Crippen LogP contribution in [0.15, 0.2) is 42.5 Å². The van der Waals surface area contributed by atoms with Gasteiger partial charge < -0.3 is 10.1 Å². The highest BCUT2D eigenvalue weighted by Gasteiger charge is 2.31. The van der Waals surface area contributed by atoms with E-state index >= 15 is 0 Å². The summed E-state index contributed by atoms with van der Waals surface area (Å²) in [5, 5.41) is 3.21. The molecule has 0 spiro atoms. The van der Waals surface area contributed by atoms with Crippen molar-refractivity contribution < 1.29 is 22.7 Å². The van der Waals surface area contributed by atoms with E-state index in [4.69, 9.17) is 27.9 Å². The van der Waals surface area contributed by atoms with Crippen molar-refractivity contribution in [2.45, 2.75) is 26.3 Å². The molecule has 2 aromatic rings. The van der Waals surface area contributed by atoms with Gasteiger partial charge >= 0.3 is 5.97 Å². The number of carbonyl (C=O) groups excluding carboxylic acids is 2. The topological polar surface area (TPSA) is 92.8 Å². The van der Waals surface area contributed by atoms with Crippen molar-refractivity contribution in [1.82, 2.24) is 0 Å². The molecule has 0 bridgehead atoms. The Kier molecular flexibility index (Phi) is 8.11. The summed E-state index contributed by atoms with van der Waals surface area (Å²) < 4.78 is 30.9. The van der Waals surface area contributed by atoms with Gasteiger partial charge in [-0.3, -0.25) is 9.10 Å². The molecule has 0 aliphatic heterocycles. The van der Waals surface area contributed by atoms with Crippen molar-refractivity contribution in [2.75, 3.05) is 22.5 Å². The summed E-state index contributed by atoms with van der Waals surface area (Å²) >= 11 is 12.1. The molecule has 7 nitrogen and oxygen atoms in total. The van der Waals surface area contributed by atoms with E-state index in [0.717, 1.165) is 10.6 Å². The summed E-state index contributed by atoms with van der Waals surface area (Å²) in [6, 6.07) is 9.43. The van der Waals surface area contributed by atoms with E-state index < -0.39 is 27.9 Å². The molecule has 0 saturated carbocycles. The molecule has 10 heteroatoms. The number of nitrogens with zero attached hydrogens (tertiary/aromatic N) is 1. The normalized spacial score (nSPS) is 12.2. The van der Waals surface area contributed by atoms with Crippen LogP contribution in [0.25, 0.3) is 0 Å². The number of sulfonamides is 1. The molecule has 1 N–H and O–H groups in total. The molecule has 162 valence electrons. The Bertz CT molecular complexity index is 1030. The first kappa shape index (κ1) is 24.0. The van der Waals surface area contributed by atoms with Crippen molar-refractivity contribution in [3.63, 3.8) is 0 Å². The van der Waals surface area contributed by atoms with Gasteiger partial charge in [0.25, 0.3) is 0 Å². The largest absolute Gasteiger partial charge is 0.462 e. The Labute approximate surface area is 186 Å². The average molecular weight is 473 g/mol. The number of halogens is 2. The second-order valence-corrected chi connectivity index (χ2v) is 9.07. The number of benzene rings is 2. The Morgan fingerprint density at radius 3 is 2.23 bits per heavy atom. The predicted octanol–water partition coefficient (Wildman–Crippen LogP) is 4.35. The van der Waals surface area contributed by atoms with Crippen molar-refractivity contribution >= 4 is 56.5 Å². The van der Waals surface area contributed by atoms with Gasteiger partial charge in [-0.05, 0) is 55.8 Å². The lowest BCUT2D eigenvalue weighted by atomic mass is 10.1. The zero-order valence-electron chi connectivity index (χ0n) is 16.7. The SMILES string of the molecule is CCOC(=O)c1ccc(NC(=O)[C@H](CC)N(c2ccc(Cl)cc2)S(C)(=O)=O)c(Cl)c1. The van der Waals surface area contributed by atoms with Crippen LogP contribution in [0.1, 0.15) is 30.6 Å². The summed E-state index contributed by atoms with van der Waals surface area (Å²) in [4.78, 5) is 24.8. The Hall–Kier alpha value is -2.29. The Balaban J connectivity index is 2.32. The van der Waals surface area contributed by atoms with Gasteiger partial charge in [0.2, 0.25) is 15.9 Å². The predicted molar refractivity (Wildman–Crippen MR) is 119 cm³/mol. The highest BCUT2D eigenvalue weighted by atomic mass is 35.5. The maximum absolute atomic E-state index is 13.0. The third kappa shape index (κ3) is 5.87. The van der Waals surface area contributed by atoms with Crippen LogP contribution in [0.3, 0.4) is 0 Å². The Morgan fingerprint density at radius 2 is 1.73 bits per heavy atom.